The number of nitrogens with two attached hydrogens (primary N) is 1. The third-order valence-electron chi connectivity index (χ3n) is 2.43. The Morgan fingerprint density at radius 3 is 2.45 bits per heavy atom. The fourth-order valence-corrected chi connectivity index (χ4v) is 1.69. The van der Waals surface area contributed by atoms with Crippen LogP contribution in [0.4, 0.5) is 0 Å². The summed E-state index contributed by atoms with van der Waals surface area (Å²) in [6.07, 6.45) is 0. The summed E-state index contributed by atoms with van der Waals surface area (Å²) in [6, 6.07) is 9.16. The molecular formula is C14H15N3O2S. The molecule has 0 unspecified atom stereocenters. The van der Waals surface area contributed by atoms with E-state index in [1.807, 2.05) is 26.0 Å². The Kier molecular flexibility index (Phi) is 4.47. The zero-order valence-corrected chi connectivity index (χ0v) is 12.1. The molecule has 5 nitrogen and oxygen atoms in total. The van der Waals surface area contributed by atoms with Crippen LogP contribution in [0.5, 0.6) is 17.5 Å². The summed E-state index contributed by atoms with van der Waals surface area (Å²) in [6.45, 7) is 4.38. The van der Waals surface area contributed by atoms with Gasteiger partial charge in [0.15, 0.2) is 0 Å². The van der Waals surface area contributed by atoms with E-state index in [0.29, 0.717) is 18.1 Å². The Labute approximate surface area is 122 Å². The van der Waals surface area contributed by atoms with Crippen LogP contribution < -0.4 is 15.2 Å². The van der Waals surface area contributed by atoms with E-state index in [0.717, 1.165) is 11.4 Å². The van der Waals surface area contributed by atoms with Gasteiger partial charge in [0, 0.05) is 5.69 Å². The topological polar surface area (TPSA) is 70.3 Å². The van der Waals surface area contributed by atoms with Crippen LogP contribution in [0.15, 0.2) is 30.3 Å². The van der Waals surface area contributed by atoms with Gasteiger partial charge in [0.05, 0.1) is 6.61 Å². The molecule has 0 saturated carbocycles. The first-order valence-electron chi connectivity index (χ1n) is 6.14. The molecule has 104 valence electrons. The van der Waals surface area contributed by atoms with Crippen molar-refractivity contribution < 1.29 is 9.47 Å². The Bertz CT molecular complexity index is 614. The second-order valence-electron chi connectivity index (χ2n) is 4.05. The molecule has 0 bridgehead atoms. The maximum Gasteiger partial charge on any atom is 0.322 e. The lowest BCUT2D eigenvalue weighted by molar-refractivity contribution is 0.339. The smallest absolute Gasteiger partial charge is 0.322 e. The van der Waals surface area contributed by atoms with Crippen molar-refractivity contribution in [1.29, 1.82) is 0 Å². The van der Waals surface area contributed by atoms with Gasteiger partial charge in [-0.2, -0.15) is 4.98 Å². The van der Waals surface area contributed by atoms with Crippen molar-refractivity contribution in [1.82, 2.24) is 9.97 Å². The Balaban J connectivity index is 2.19. The van der Waals surface area contributed by atoms with Gasteiger partial charge in [-0.3, -0.25) is 0 Å². The van der Waals surface area contributed by atoms with Gasteiger partial charge in [-0.05, 0) is 44.2 Å². The number of hydrogen-bond acceptors (Lipinski definition) is 5. The molecular weight excluding hydrogens is 274 g/mol. The fraction of sp³-hybridized carbons (Fsp3) is 0.214. The molecule has 1 heterocycles. The summed E-state index contributed by atoms with van der Waals surface area (Å²) in [5.41, 5.74) is 6.80. The minimum Gasteiger partial charge on any atom is -0.494 e. The van der Waals surface area contributed by atoms with Crippen LogP contribution >= 0.6 is 12.2 Å². The molecule has 20 heavy (non-hydrogen) atoms. The molecule has 0 aliphatic heterocycles. The molecule has 2 N–H and O–H groups in total. The monoisotopic (exact) mass is 289 g/mol. The SMILES string of the molecule is CCOc1ccc(Oc2nc(C)cc(C(N)=S)n2)cc1. The van der Waals surface area contributed by atoms with E-state index in [9.17, 15) is 0 Å². The van der Waals surface area contributed by atoms with E-state index < -0.39 is 0 Å². The highest BCUT2D eigenvalue weighted by Gasteiger charge is 2.07. The van der Waals surface area contributed by atoms with Gasteiger partial charge in [0.2, 0.25) is 0 Å². The van der Waals surface area contributed by atoms with Gasteiger partial charge >= 0.3 is 6.01 Å². The quantitative estimate of drug-likeness (QED) is 0.853. The van der Waals surface area contributed by atoms with Gasteiger partial charge in [0.1, 0.15) is 22.2 Å². The lowest BCUT2D eigenvalue weighted by atomic mass is 10.3. The van der Waals surface area contributed by atoms with Crippen molar-refractivity contribution in [3.8, 4) is 17.5 Å². The predicted molar refractivity (Wildman–Crippen MR) is 80.3 cm³/mol. The molecule has 2 rings (SSSR count). The van der Waals surface area contributed by atoms with E-state index in [1.54, 1.807) is 18.2 Å². The van der Waals surface area contributed by atoms with Crippen LogP contribution in [-0.2, 0) is 0 Å². The Hall–Kier alpha value is -2.21. The minimum atomic E-state index is 0.215. The van der Waals surface area contributed by atoms with Crippen LogP contribution in [0, 0.1) is 6.92 Å². The fourth-order valence-electron chi connectivity index (χ4n) is 1.59. The van der Waals surface area contributed by atoms with Crippen LogP contribution in [0.3, 0.4) is 0 Å². The third kappa shape index (κ3) is 3.64. The van der Waals surface area contributed by atoms with E-state index in [2.05, 4.69) is 9.97 Å². The molecule has 1 aromatic carbocycles. The molecule has 0 aliphatic rings. The molecule has 0 aliphatic carbocycles. The molecule has 0 atom stereocenters. The Morgan fingerprint density at radius 2 is 1.85 bits per heavy atom. The molecule has 0 fully saturated rings. The first-order chi connectivity index (χ1) is 9.58. The molecule has 0 amide bonds. The number of hydrogen-bond donors (Lipinski definition) is 1. The van der Waals surface area contributed by atoms with Crippen molar-refractivity contribution in [2.24, 2.45) is 5.73 Å². The van der Waals surface area contributed by atoms with Gasteiger partial charge in [-0.1, -0.05) is 12.2 Å². The van der Waals surface area contributed by atoms with Crippen LogP contribution in [-0.4, -0.2) is 21.6 Å². The van der Waals surface area contributed by atoms with Gasteiger partial charge in [0.25, 0.3) is 0 Å². The average Bonchev–Trinajstić information content (AvgIpc) is 2.40. The normalized spacial score (nSPS) is 10.1. The third-order valence-corrected chi connectivity index (χ3v) is 2.64. The summed E-state index contributed by atoms with van der Waals surface area (Å²) in [7, 11) is 0. The molecule has 2 aromatic rings. The highest BCUT2D eigenvalue weighted by molar-refractivity contribution is 7.80. The number of aromatic nitrogens is 2. The average molecular weight is 289 g/mol. The van der Waals surface area contributed by atoms with E-state index in [4.69, 9.17) is 27.4 Å². The minimum absolute atomic E-state index is 0.215. The predicted octanol–water partition coefficient (Wildman–Crippen LogP) is 2.61. The van der Waals surface area contributed by atoms with Gasteiger partial charge < -0.3 is 15.2 Å². The van der Waals surface area contributed by atoms with Gasteiger partial charge in [-0.15, -0.1) is 0 Å². The number of thiocarbonyl (C=S) groups is 1. The molecule has 6 heteroatoms. The maximum atomic E-state index is 5.59. The largest absolute Gasteiger partial charge is 0.494 e. The van der Waals surface area contributed by atoms with E-state index in [-0.39, 0.29) is 11.0 Å². The standard InChI is InChI=1S/C14H15N3O2S/c1-3-18-10-4-6-11(7-5-10)19-14-16-9(2)8-12(17-14)13(15)20/h4-8H,3H2,1-2H3,(H2,15,20). The second kappa shape index (κ2) is 6.29. The van der Waals surface area contributed by atoms with Gasteiger partial charge in [-0.25, -0.2) is 4.98 Å². The highest BCUT2D eigenvalue weighted by atomic mass is 32.1. The number of benzene rings is 1. The van der Waals surface area contributed by atoms with Crippen molar-refractivity contribution in [2.45, 2.75) is 13.8 Å². The molecule has 0 saturated heterocycles. The van der Waals surface area contributed by atoms with E-state index in [1.165, 1.54) is 0 Å². The summed E-state index contributed by atoms with van der Waals surface area (Å²) in [5.74, 6) is 1.40. The number of aryl methyl sites for hydroxylation is 1. The Morgan fingerprint density at radius 1 is 1.20 bits per heavy atom. The summed E-state index contributed by atoms with van der Waals surface area (Å²) in [4.78, 5) is 8.56. The first-order valence-corrected chi connectivity index (χ1v) is 6.55. The lowest BCUT2D eigenvalue weighted by Gasteiger charge is -2.07. The zero-order chi connectivity index (χ0) is 14.5. The summed E-state index contributed by atoms with van der Waals surface area (Å²) >= 11 is 4.91. The molecule has 1 aromatic heterocycles. The molecule has 0 spiro atoms. The number of nitrogens with zero attached hydrogens (tertiary/aromatic N) is 2. The second-order valence-corrected chi connectivity index (χ2v) is 4.49. The zero-order valence-electron chi connectivity index (χ0n) is 11.3. The van der Waals surface area contributed by atoms with Crippen LogP contribution in [0.2, 0.25) is 0 Å². The van der Waals surface area contributed by atoms with Crippen molar-refractivity contribution >= 4 is 17.2 Å². The lowest BCUT2D eigenvalue weighted by Crippen LogP contribution is -2.13. The first kappa shape index (κ1) is 14.2. The highest BCUT2D eigenvalue weighted by Crippen LogP contribution is 2.22. The van der Waals surface area contributed by atoms with Crippen molar-refractivity contribution in [3.05, 3.63) is 41.7 Å². The van der Waals surface area contributed by atoms with Crippen molar-refractivity contribution in [2.75, 3.05) is 6.61 Å². The van der Waals surface area contributed by atoms with Crippen LogP contribution in [0.25, 0.3) is 0 Å². The summed E-state index contributed by atoms with van der Waals surface area (Å²) in [5, 5.41) is 0. The maximum absolute atomic E-state index is 5.59. The van der Waals surface area contributed by atoms with Crippen molar-refractivity contribution in [3.63, 3.8) is 0 Å². The number of rotatable bonds is 5. The molecule has 0 radical (unpaired) electrons. The van der Waals surface area contributed by atoms with E-state index >= 15 is 0 Å². The number of ether oxygens (including phenoxy) is 2. The van der Waals surface area contributed by atoms with Crippen LogP contribution in [0.1, 0.15) is 18.3 Å². The summed E-state index contributed by atoms with van der Waals surface area (Å²) < 4.78 is 11.0.